The predicted molar refractivity (Wildman–Crippen MR) is 234 cm³/mol. The summed E-state index contributed by atoms with van der Waals surface area (Å²) in [7, 11) is -4.47. The number of pyridine rings is 1. The number of aromatic nitrogens is 3. The SMILES string of the molecule is CC1(C)CCC(CN2CCN(c3ccc(C(=O)NS(=O)(=O)c4cnc(OCC5CCC(F)(F)CC5)c(Cl)c4)c(Oc4cccc5[nH]ncc45)c3)CC2)=C(c2ccc(Cl)cc2)C1. The van der Waals surface area contributed by atoms with Crippen molar-refractivity contribution in [2.75, 3.05) is 44.2 Å². The molecule has 5 aromatic rings. The molecule has 3 aliphatic rings. The van der Waals surface area contributed by atoms with Gasteiger partial charge in [0.05, 0.1) is 35.5 Å². The van der Waals surface area contributed by atoms with Crippen LogP contribution < -0.4 is 19.1 Å². The van der Waals surface area contributed by atoms with Crippen LogP contribution >= 0.6 is 23.2 Å². The van der Waals surface area contributed by atoms with Gasteiger partial charge in [-0.2, -0.15) is 5.10 Å². The Labute approximate surface area is 364 Å². The number of hydrogen-bond donors (Lipinski definition) is 2. The number of amides is 1. The number of carbonyl (C=O) groups excluding carboxylic acids is 1. The molecule has 8 rings (SSSR count). The van der Waals surface area contributed by atoms with Crippen molar-refractivity contribution in [3.05, 3.63) is 106 Å². The molecule has 16 heteroatoms. The van der Waals surface area contributed by atoms with Crippen molar-refractivity contribution < 1.29 is 31.5 Å². The second kappa shape index (κ2) is 17.5. The van der Waals surface area contributed by atoms with E-state index < -0.39 is 21.9 Å². The summed E-state index contributed by atoms with van der Waals surface area (Å²) < 4.78 is 68.6. The number of nitrogens with zero attached hydrogens (tertiary/aromatic N) is 4. The number of halogens is 4. The Morgan fingerprint density at radius 2 is 1.70 bits per heavy atom. The largest absolute Gasteiger partial charge is 0.476 e. The van der Waals surface area contributed by atoms with Gasteiger partial charge in [0.15, 0.2) is 0 Å². The van der Waals surface area contributed by atoms with Crippen LogP contribution in [0.3, 0.4) is 0 Å². The standard InChI is InChI=1S/C45H48Cl2F2N6O5S/c1-44(2)15-14-31(36(24-44)30-6-8-32(46)9-7-30)27-54-18-20-55(21-19-54)33-10-11-35(41(22-33)60-40-5-3-4-39-37(40)26-51-52-39)42(56)53-61(57,58)34-23-38(47)43(50-25-34)59-28-29-12-16-45(48,49)17-13-29/h3-11,22-23,25-26,29H,12-21,24,27-28H2,1-2H3,(H,51,52)(H,53,56). The first kappa shape index (κ1) is 42.9. The summed E-state index contributed by atoms with van der Waals surface area (Å²) in [5, 5.41) is 8.36. The second-order valence-corrected chi connectivity index (χ2v) is 19.6. The number of benzene rings is 3. The van der Waals surface area contributed by atoms with Gasteiger partial charge in [0, 0.05) is 62.3 Å². The molecule has 11 nitrogen and oxygen atoms in total. The zero-order valence-electron chi connectivity index (χ0n) is 34.0. The molecular formula is C45H48Cl2F2N6O5S. The highest BCUT2D eigenvalue weighted by atomic mass is 35.5. The Balaban J connectivity index is 0.981. The van der Waals surface area contributed by atoms with E-state index in [9.17, 15) is 22.0 Å². The van der Waals surface area contributed by atoms with Crippen molar-refractivity contribution in [3.8, 4) is 17.4 Å². The third kappa shape index (κ3) is 10.1. The number of hydrogen-bond acceptors (Lipinski definition) is 9. The van der Waals surface area contributed by atoms with Crippen molar-refractivity contribution in [1.82, 2.24) is 24.8 Å². The smallest absolute Gasteiger partial charge is 0.268 e. The van der Waals surface area contributed by atoms with Crippen LogP contribution in [0.1, 0.15) is 74.7 Å². The van der Waals surface area contributed by atoms with Gasteiger partial charge in [0.1, 0.15) is 21.4 Å². The van der Waals surface area contributed by atoms with Gasteiger partial charge in [-0.1, -0.05) is 60.8 Å². The Hall–Kier alpha value is -4.76. The summed E-state index contributed by atoms with van der Waals surface area (Å²) in [6, 6.07) is 19.8. The first-order chi connectivity index (χ1) is 29.1. The fraction of sp³-hybridized carbons (Fsp3) is 0.400. The molecule has 3 aromatic carbocycles. The molecule has 1 saturated heterocycles. The van der Waals surface area contributed by atoms with Gasteiger partial charge in [-0.25, -0.2) is 26.9 Å². The molecular weight excluding hydrogens is 846 g/mol. The van der Waals surface area contributed by atoms with Crippen molar-refractivity contribution in [1.29, 1.82) is 0 Å². The van der Waals surface area contributed by atoms with E-state index >= 15 is 0 Å². The lowest BCUT2D eigenvalue weighted by atomic mass is 9.72. The number of rotatable bonds is 12. The number of sulfonamides is 1. The van der Waals surface area contributed by atoms with Gasteiger partial charge >= 0.3 is 0 Å². The van der Waals surface area contributed by atoms with Crippen LogP contribution in [0.15, 0.2) is 89.6 Å². The minimum absolute atomic E-state index is 0.00887. The lowest BCUT2D eigenvalue weighted by Crippen LogP contribution is -2.47. The Bertz CT molecular complexity index is 2550. The average Bonchev–Trinajstić information content (AvgIpc) is 3.72. The molecule has 2 aliphatic carbocycles. The second-order valence-electron chi connectivity index (χ2n) is 17.1. The molecule has 1 amide bonds. The highest BCUT2D eigenvalue weighted by Crippen LogP contribution is 2.44. The predicted octanol–water partition coefficient (Wildman–Crippen LogP) is 10.2. The molecule has 0 bridgehead atoms. The van der Waals surface area contributed by atoms with Crippen molar-refractivity contribution in [3.63, 3.8) is 0 Å². The topological polar surface area (TPSA) is 130 Å². The highest BCUT2D eigenvalue weighted by Gasteiger charge is 2.35. The van der Waals surface area contributed by atoms with E-state index in [2.05, 4.69) is 55.7 Å². The van der Waals surface area contributed by atoms with Crippen molar-refractivity contribution in [2.24, 2.45) is 11.3 Å². The van der Waals surface area contributed by atoms with Crippen LogP contribution in [-0.2, 0) is 10.0 Å². The van der Waals surface area contributed by atoms with Crippen LogP contribution in [0, 0.1) is 11.3 Å². The monoisotopic (exact) mass is 892 g/mol. The lowest BCUT2D eigenvalue weighted by Gasteiger charge is -2.39. The normalized spacial score (nSPS) is 18.6. The number of H-pyrrole nitrogens is 1. The molecule has 3 heterocycles. The molecule has 2 N–H and O–H groups in total. The third-order valence-corrected chi connectivity index (χ3v) is 13.8. The van der Waals surface area contributed by atoms with Crippen LogP contribution in [0.2, 0.25) is 10.0 Å². The number of anilines is 1. The quantitative estimate of drug-likeness (QED) is 0.126. The van der Waals surface area contributed by atoms with Crippen LogP contribution in [0.5, 0.6) is 17.4 Å². The molecule has 0 spiro atoms. The first-order valence-electron chi connectivity index (χ1n) is 20.5. The Kier molecular flexibility index (Phi) is 12.3. The highest BCUT2D eigenvalue weighted by molar-refractivity contribution is 7.90. The number of ether oxygens (including phenoxy) is 2. The molecule has 61 heavy (non-hydrogen) atoms. The van der Waals surface area contributed by atoms with E-state index in [4.69, 9.17) is 32.7 Å². The number of piperazine rings is 1. The Morgan fingerprint density at radius 3 is 2.44 bits per heavy atom. The van der Waals surface area contributed by atoms with Gasteiger partial charge in [0.2, 0.25) is 11.8 Å². The molecule has 0 atom stereocenters. The summed E-state index contributed by atoms with van der Waals surface area (Å²) in [5.41, 5.74) is 5.88. The van der Waals surface area contributed by atoms with E-state index in [-0.39, 0.29) is 57.9 Å². The number of aromatic amines is 1. The van der Waals surface area contributed by atoms with E-state index in [0.717, 1.165) is 80.5 Å². The van der Waals surface area contributed by atoms with Gasteiger partial charge in [-0.15, -0.1) is 0 Å². The summed E-state index contributed by atoms with van der Waals surface area (Å²) in [5.74, 6) is -3.12. The Morgan fingerprint density at radius 1 is 0.951 bits per heavy atom. The summed E-state index contributed by atoms with van der Waals surface area (Å²) >= 11 is 12.6. The maximum absolute atomic E-state index is 13.9. The number of fused-ring (bicyclic) bond motifs is 1. The molecule has 0 radical (unpaired) electrons. The van der Waals surface area contributed by atoms with E-state index in [0.29, 0.717) is 24.0 Å². The molecule has 322 valence electrons. The van der Waals surface area contributed by atoms with E-state index in [1.54, 1.807) is 36.5 Å². The fourth-order valence-corrected chi connectivity index (χ4v) is 9.73. The lowest BCUT2D eigenvalue weighted by molar-refractivity contribution is -0.0500. The molecule has 1 aliphatic heterocycles. The van der Waals surface area contributed by atoms with Gasteiger partial charge in [-0.3, -0.25) is 14.8 Å². The van der Waals surface area contributed by atoms with Crippen molar-refractivity contribution >= 4 is 61.3 Å². The average molecular weight is 894 g/mol. The number of carbonyl (C=O) groups is 1. The van der Waals surface area contributed by atoms with E-state index in [1.807, 2.05) is 18.2 Å². The summed E-state index contributed by atoms with van der Waals surface area (Å²) in [6.07, 6.45) is 6.03. The maximum atomic E-state index is 13.9. The van der Waals surface area contributed by atoms with Crippen LogP contribution in [0.4, 0.5) is 14.5 Å². The van der Waals surface area contributed by atoms with Crippen LogP contribution in [0.25, 0.3) is 16.5 Å². The van der Waals surface area contributed by atoms with Gasteiger partial charge in [0.25, 0.3) is 15.9 Å². The first-order valence-corrected chi connectivity index (χ1v) is 22.8. The van der Waals surface area contributed by atoms with Gasteiger partial charge < -0.3 is 14.4 Å². The fourth-order valence-electron chi connectivity index (χ4n) is 8.39. The molecule has 2 aromatic heterocycles. The third-order valence-electron chi connectivity index (χ3n) is 12.0. The number of allylic oxidation sites excluding steroid dienone is 1. The maximum Gasteiger partial charge on any atom is 0.268 e. The van der Waals surface area contributed by atoms with E-state index in [1.165, 1.54) is 16.7 Å². The minimum Gasteiger partial charge on any atom is -0.476 e. The van der Waals surface area contributed by atoms with Gasteiger partial charge in [-0.05, 0) is 97.0 Å². The number of alkyl halides is 2. The zero-order chi connectivity index (χ0) is 42.9. The molecule has 1 saturated carbocycles. The molecule has 2 fully saturated rings. The minimum atomic E-state index is -4.47. The zero-order valence-corrected chi connectivity index (χ0v) is 36.4. The van der Waals surface area contributed by atoms with Crippen LogP contribution in [-0.4, -0.2) is 79.7 Å². The number of nitrogens with one attached hydrogen (secondary N) is 2. The summed E-state index contributed by atoms with van der Waals surface area (Å²) in [6.45, 7) is 8.79. The molecule has 0 unspecified atom stereocenters. The summed E-state index contributed by atoms with van der Waals surface area (Å²) in [4.78, 5) is 22.3. The van der Waals surface area contributed by atoms with Crippen molar-refractivity contribution in [2.45, 2.75) is 69.6 Å².